The largest absolute Gasteiger partial charge is 0.335 e. The van der Waals surface area contributed by atoms with Gasteiger partial charge < -0.3 is 10.3 Å². The Hall–Kier alpha value is -3.11. The molecule has 1 aliphatic carbocycles. The molecule has 1 saturated carbocycles. The van der Waals surface area contributed by atoms with Crippen LogP contribution in [-0.4, -0.2) is 30.0 Å². The van der Waals surface area contributed by atoms with Gasteiger partial charge in [-0.1, -0.05) is 37.6 Å². The fourth-order valence-electron chi connectivity index (χ4n) is 4.83. The summed E-state index contributed by atoms with van der Waals surface area (Å²) >= 11 is 6.04. The second-order valence-electron chi connectivity index (χ2n) is 9.74. The fourth-order valence-corrected chi connectivity index (χ4v) is 5.91. The van der Waals surface area contributed by atoms with E-state index in [-0.39, 0.29) is 10.9 Å². The lowest BCUT2D eigenvalue weighted by Gasteiger charge is -2.26. The Morgan fingerprint density at radius 1 is 1.11 bits per heavy atom. The number of halogens is 1. The molecule has 198 valence electrons. The van der Waals surface area contributed by atoms with Gasteiger partial charge in [0.05, 0.1) is 15.8 Å². The highest BCUT2D eigenvalue weighted by Gasteiger charge is 2.23. The Morgan fingerprint density at radius 3 is 2.43 bits per heavy atom. The van der Waals surface area contributed by atoms with Crippen LogP contribution in [0.5, 0.6) is 0 Å². The number of amides is 2. The lowest BCUT2D eigenvalue weighted by molar-refractivity contribution is 0.233. The molecule has 3 aromatic rings. The minimum Gasteiger partial charge on any atom is -0.335 e. The molecule has 0 aliphatic heterocycles. The van der Waals surface area contributed by atoms with Gasteiger partial charge in [0, 0.05) is 17.1 Å². The lowest BCUT2D eigenvalue weighted by Crippen LogP contribution is -2.45. The quantitative estimate of drug-likeness (QED) is 0.410. The molecular formula is C26H31ClN4O5S. The van der Waals surface area contributed by atoms with E-state index in [0.29, 0.717) is 34.7 Å². The van der Waals surface area contributed by atoms with Gasteiger partial charge >= 0.3 is 11.7 Å². The van der Waals surface area contributed by atoms with Crippen LogP contribution in [0.3, 0.4) is 0 Å². The van der Waals surface area contributed by atoms with Gasteiger partial charge in [-0.3, -0.25) is 9.36 Å². The highest BCUT2D eigenvalue weighted by molar-refractivity contribution is 7.90. The molecule has 37 heavy (non-hydrogen) atoms. The number of hydrogen-bond acceptors (Lipinski definition) is 5. The minimum absolute atomic E-state index is 0.0301. The number of sulfonamides is 1. The normalized spacial score (nSPS) is 18.9. The second-order valence-corrected chi connectivity index (χ2v) is 11.9. The van der Waals surface area contributed by atoms with E-state index in [4.69, 9.17) is 11.6 Å². The first kappa shape index (κ1) is 26.9. The van der Waals surface area contributed by atoms with Crippen molar-refractivity contribution in [2.45, 2.75) is 69.4 Å². The Balaban J connectivity index is 1.48. The predicted molar refractivity (Wildman–Crippen MR) is 144 cm³/mol. The molecule has 0 radical (unpaired) electrons. The maximum atomic E-state index is 13.1. The smallest absolute Gasteiger partial charge is 0.329 e. The van der Waals surface area contributed by atoms with Crippen molar-refractivity contribution in [1.82, 2.24) is 19.6 Å². The molecule has 1 fully saturated rings. The number of nitrogens with one attached hydrogen (secondary N) is 3. The number of carbonyl (C=O) groups excluding carboxylic acids is 1. The van der Waals surface area contributed by atoms with E-state index in [0.717, 1.165) is 31.2 Å². The topological polar surface area (TPSA) is 130 Å². The van der Waals surface area contributed by atoms with Gasteiger partial charge in [-0.05, 0) is 80.3 Å². The van der Waals surface area contributed by atoms with Gasteiger partial charge in [-0.15, -0.1) is 0 Å². The van der Waals surface area contributed by atoms with Crippen molar-refractivity contribution < 1.29 is 13.2 Å². The molecule has 3 N–H and O–H groups in total. The van der Waals surface area contributed by atoms with E-state index in [1.165, 1.54) is 22.8 Å². The van der Waals surface area contributed by atoms with E-state index < -0.39 is 33.3 Å². The number of aromatic nitrogens is 2. The first-order valence-electron chi connectivity index (χ1n) is 12.4. The van der Waals surface area contributed by atoms with E-state index in [1.807, 2.05) is 6.92 Å². The average Bonchev–Trinajstić information content (AvgIpc) is 2.85. The van der Waals surface area contributed by atoms with Crippen molar-refractivity contribution in [3.63, 3.8) is 0 Å². The number of carbonyl (C=O) groups is 1. The number of fused-ring (bicyclic) bond motifs is 1. The summed E-state index contributed by atoms with van der Waals surface area (Å²) in [6.07, 6.45) is 4.50. The summed E-state index contributed by atoms with van der Waals surface area (Å²) < 4.78 is 28.7. The summed E-state index contributed by atoms with van der Waals surface area (Å²) in [6, 6.07) is 9.56. The third kappa shape index (κ3) is 6.24. The maximum absolute atomic E-state index is 13.1. The van der Waals surface area contributed by atoms with Gasteiger partial charge in [-0.2, -0.15) is 0 Å². The molecule has 2 aromatic carbocycles. The van der Waals surface area contributed by atoms with Crippen molar-refractivity contribution >= 4 is 38.6 Å². The molecule has 4 rings (SSSR count). The lowest BCUT2D eigenvalue weighted by atomic mass is 9.87. The Bertz CT molecular complexity index is 1510. The second kappa shape index (κ2) is 11.1. The number of urea groups is 1. The van der Waals surface area contributed by atoms with Crippen LogP contribution in [0.4, 0.5) is 4.79 Å². The Labute approximate surface area is 220 Å². The van der Waals surface area contributed by atoms with Crippen LogP contribution in [0.2, 0.25) is 5.02 Å². The first-order valence-corrected chi connectivity index (χ1v) is 14.3. The summed E-state index contributed by atoms with van der Waals surface area (Å²) in [5, 5.41) is 3.46. The predicted octanol–water partition coefficient (Wildman–Crippen LogP) is 4.10. The third-order valence-corrected chi connectivity index (χ3v) is 8.59. The highest BCUT2D eigenvalue weighted by atomic mass is 35.5. The van der Waals surface area contributed by atoms with Crippen molar-refractivity contribution in [2.24, 2.45) is 5.92 Å². The molecule has 0 bridgehead atoms. The monoisotopic (exact) mass is 546 g/mol. The van der Waals surface area contributed by atoms with Crippen molar-refractivity contribution in [3.05, 3.63) is 73.9 Å². The molecule has 1 atom stereocenters. The zero-order valence-electron chi connectivity index (χ0n) is 20.8. The first-order chi connectivity index (χ1) is 17.6. The van der Waals surface area contributed by atoms with Gasteiger partial charge in [0.25, 0.3) is 15.6 Å². The van der Waals surface area contributed by atoms with Crippen LogP contribution in [0, 0.1) is 5.92 Å². The Morgan fingerprint density at radius 2 is 1.78 bits per heavy atom. The highest BCUT2D eigenvalue weighted by Crippen LogP contribution is 2.23. The zero-order chi connectivity index (χ0) is 26.7. The van der Waals surface area contributed by atoms with Crippen LogP contribution in [0.1, 0.15) is 57.6 Å². The summed E-state index contributed by atoms with van der Waals surface area (Å²) in [6.45, 7) is 4.04. The zero-order valence-corrected chi connectivity index (χ0v) is 22.4. The molecule has 9 nitrogen and oxygen atoms in total. The van der Waals surface area contributed by atoms with Crippen LogP contribution in [-0.2, 0) is 16.4 Å². The number of nitrogens with zero attached hydrogens (tertiary/aromatic N) is 1. The SMILES string of the molecule is CCC(Cc1ccc(S(=O)(=O)NC(=O)NC2CCC(C)CC2)cc1)n1c(=O)[nH]c2ccc(Cl)cc2c1=O. The number of H-pyrrole nitrogens is 1. The summed E-state index contributed by atoms with van der Waals surface area (Å²) in [5.41, 5.74) is 0.196. The molecule has 1 aromatic heterocycles. The standard InChI is InChI=1S/C26H31ClN4O5S/c1-3-20(31-24(32)22-15-18(27)8-13-23(22)29-26(31)34)14-17-6-11-21(12-7-17)37(35,36)30-25(33)28-19-9-4-16(2)5-10-19/h6-8,11-13,15-16,19-20H,3-5,9-10,14H2,1-2H3,(H,29,34)(H2,28,30,33). The summed E-state index contributed by atoms with van der Waals surface area (Å²) in [4.78, 5) is 40.8. The minimum atomic E-state index is -4.05. The van der Waals surface area contributed by atoms with Gasteiger partial charge in [0.2, 0.25) is 0 Å². The van der Waals surface area contributed by atoms with Crippen molar-refractivity contribution in [1.29, 1.82) is 0 Å². The van der Waals surface area contributed by atoms with Gasteiger partial charge in [-0.25, -0.2) is 22.7 Å². The summed E-state index contributed by atoms with van der Waals surface area (Å²) in [5.74, 6) is 0.618. The molecule has 1 aliphatic rings. The van der Waals surface area contributed by atoms with Gasteiger partial charge in [0.15, 0.2) is 0 Å². The summed E-state index contributed by atoms with van der Waals surface area (Å²) in [7, 11) is -4.05. The number of benzene rings is 2. The van der Waals surface area contributed by atoms with E-state index in [9.17, 15) is 22.8 Å². The average molecular weight is 547 g/mol. The molecule has 1 unspecified atom stereocenters. The number of aromatic amines is 1. The molecule has 1 heterocycles. The van der Waals surface area contributed by atoms with Crippen LogP contribution in [0.15, 0.2) is 56.9 Å². The van der Waals surface area contributed by atoms with E-state index in [2.05, 4.69) is 21.9 Å². The van der Waals surface area contributed by atoms with Crippen molar-refractivity contribution in [3.8, 4) is 0 Å². The fraction of sp³-hybridized carbons (Fsp3) is 0.423. The molecule has 2 amide bonds. The van der Waals surface area contributed by atoms with Crippen molar-refractivity contribution in [2.75, 3.05) is 0 Å². The van der Waals surface area contributed by atoms with E-state index in [1.54, 1.807) is 24.3 Å². The van der Waals surface area contributed by atoms with Gasteiger partial charge in [0.1, 0.15) is 0 Å². The maximum Gasteiger partial charge on any atom is 0.329 e. The van der Waals surface area contributed by atoms with Crippen LogP contribution < -0.4 is 21.3 Å². The number of rotatable bonds is 7. The molecule has 11 heteroatoms. The number of hydrogen-bond donors (Lipinski definition) is 3. The molecular weight excluding hydrogens is 516 g/mol. The van der Waals surface area contributed by atoms with Crippen LogP contribution >= 0.6 is 11.6 Å². The third-order valence-electron chi connectivity index (χ3n) is 7.01. The molecule has 0 saturated heterocycles. The van der Waals surface area contributed by atoms with E-state index >= 15 is 0 Å². The molecule has 0 spiro atoms. The Kier molecular flexibility index (Phi) is 8.08. The van der Waals surface area contributed by atoms with Crippen LogP contribution in [0.25, 0.3) is 10.9 Å².